The molecular weight excluding hydrogens is 236 g/mol. The lowest BCUT2D eigenvalue weighted by Gasteiger charge is -2.27. The Hall–Kier alpha value is -1.51. The zero-order valence-corrected chi connectivity index (χ0v) is 11.8. The molecule has 3 rings (SSSR count). The van der Waals surface area contributed by atoms with Crippen LogP contribution in [-0.2, 0) is 0 Å². The molecule has 19 heavy (non-hydrogen) atoms. The third kappa shape index (κ3) is 2.22. The lowest BCUT2D eigenvalue weighted by Crippen LogP contribution is -2.37. The number of aryl methyl sites for hydroxylation is 1. The van der Waals surface area contributed by atoms with Crippen molar-refractivity contribution in [3.8, 4) is 0 Å². The molecule has 2 unspecified atom stereocenters. The molecule has 2 aliphatic rings. The average molecular weight is 258 g/mol. The highest BCUT2D eigenvalue weighted by molar-refractivity contribution is 5.96. The van der Waals surface area contributed by atoms with Crippen LogP contribution in [-0.4, -0.2) is 29.9 Å². The summed E-state index contributed by atoms with van der Waals surface area (Å²) in [5.41, 5.74) is 3.04. The molecule has 1 aliphatic heterocycles. The third-order valence-electron chi connectivity index (χ3n) is 4.51. The minimum absolute atomic E-state index is 0.229. The van der Waals surface area contributed by atoms with Crippen LogP contribution in [0.1, 0.15) is 42.1 Å². The van der Waals surface area contributed by atoms with Crippen molar-refractivity contribution in [2.75, 3.05) is 18.4 Å². The van der Waals surface area contributed by atoms with Gasteiger partial charge in [-0.3, -0.25) is 4.79 Å². The van der Waals surface area contributed by atoms with Gasteiger partial charge >= 0.3 is 0 Å². The first-order chi connectivity index (χ1) is 9.19. The Bertz CT molecular complexity index is 498. The van der Waals surface area contributed by atoms with Crippen LogP contribution in [0.3, 0.4) is 0 Å². The molecule has 1 amide bonds. The summed E-state index contributed by atoms with van der Waals surface area (Å²) in [7, 11) is 0. The molecule has 1 aromatic rings. The standard InChI is InChI=1S/C16H22N2O/c1-3-17-13-5-7-15(11(2)8-13)16(19)18-10-12-4-6-14(18)9-12/h5,7-8,12,14,17H,3-4,6,9-10H2,1-2H3. The zero-order valence-electron chi connectivity index (χ0n) is 11.8. The van der Waals surface area contributed by atoms with Crippen molar-refractivity contribution < 1.29 is 4.79 Å². The summed E-state index contributed by atoms with van der Waals surface area (Å²) in [6.07, 6.45) is 3.73. The van der Waals surface area contributed by atoms with Gasteiger partial charge in [0.05, 0.1) is 0 Å². The molecular formula is C16H22N2O. The number of nitrogens with zero attached hydrogens (tertiary/aromatic N) is 1. The number of benzene rings is 1. The topological polar surface area (TPSA) is 32.3 Å². The molecule has 1 aliphatic carbocycles. The minimum atomic E-state index is 0.229. The van der Waals surface area contributed by atoms with Crippen molar-refractivity contribution in [3.05, 3.63) is 29.3 Å². The van der Waals surface area contributed by atoms with Crippen LogP contribution in [0, 0.1) is 12.8 Å². The fourth-order valence-electron chi connectivity index (χ4n) is 3.55. The number of anilines is 1. The summed E-state index contributed by atoms with van der Waals surface area (Å²) < 4.78 is 0. The van der Waals surface area contributed by atoms with Gasteiger partial charge in [-0.05, 0) is 62.8 Å². The molecule has 1 aromatic carbocycles. The Balaban J connectivity index is 1.80. The molecule has 1 heterocycles. The van der Waals surface area contributed by atoms with Crippen LogP contribution in [0.25, 0.3) is 0 Å². The zero-order chi connectivity index (χ0) is 13.4. The fourth-order valence-corrected chi connectivity index (χ4v) is 3.55. The minimum Gasteiger partial charge on any atom is -0.385 e. The quantitative estimate of drug-likeness (QED) is 0.903. The molecule has 0 radical (unpaired) electrons. The maximum atomic E-state index is 12.6. The smallest absolute Gasteiger partial charge is 0.254 e. The molecule has 102 valence electrons. The molecule has 2 atom stereocenters. The van der Waals surface area contributed by atoms with Crippen molar-refractivity contribution in [1.29, 1.82) is 0 Å². The van der Waals surface area contributed by atoms with Crippen LogP contribution >= 0.6 is 0 Å². The van der Waals surface area contributed by atoms with E-state index >= 15 is 0 Å². The van der Waals surface area contributed by atoms with Crippen LogP contribution in [0.2, 0.25) is 0 Å². The first-order valence-corrected chi connectivity index (χ1v) is 7.34. The number of likely N-dealkylation sites (tertiary alicyclic amines) is 1. The molecule has 3 nitrogen and oxygen atoms in total. The summed E-state index contributed by atoms with van der Waals surface area (Å²) in [4.78, 5) is 14.7. The van der Waals surface area contributed by atoms with E-state index in [4.69, 9.17) is 0 Å². The lowest BCUT2D eigenvalue weighted by atomic mass is 10.0. The summed E-state index contributed by atoms with van der Waals surface area (Å²) >= 11 is 0. The third-order valence-corrected chi connectivity index (χ3v) is 4.51. The van der Waals surface area contributed by atoms with Crippen molar-refractivity contribution >= 4 is 11.6 Å². The van der Waals surface area contributed by atoms with Crippen molar-refractivity contribution in [2.24, 2.45) is 5.92 Å². The summed E-state index contributed by atoms with van der Waals surface area (Å²) in [6, 6.07) is 6.57. The molecule has 2 bridgehead atoms. The Morgan fingerprint density at radius 2 is 2.26 bits per heavy atom. The van der Waals surface area contributed by atoms with Crippen molar-refractivity contribution in [1.82, 2.24) is 4.90 Å². The Labute approximate surface area is 115 Å². The summed E-state index contributed by atoms with van der Waals surface area (Å²) in [6.45, 7) is 5.98. The number of rotatable bonds is 3. The second kappa shape index (κ2) is 4.87. The van der Waals surface area contributed by atoms with E-state index in [0.717, 1.165) is 35.8 Å². The molecule has 1 N–H and O–H groups in total. The van der Waals surface area contributed by atoms with E-state index in [0.29, 0.717) is 6.04 Å². The first kappa shape index (κ1) is 12.5. The molecule has 1 saturated carbocycles. The highest BCUT2D eigenvalue weighted by Crippen LogP contribution is 2.38. The van der Waals surface area contributed by atoms with Gasteiger partial charge in [0, 0.05) is 30.4 Å². The van der Waals surface area contributed by atoms with Gasteiger partial charge in [-0.1, -0.05) is 0 Å². The van der Waals surface area contributed by atoms with E-state index in [9.17, 15) is 4.79 Å². The number of hydrogen-bond acceptors (Lipinski definition) is 2. The number of amides is 1. The fraction of sp³-hybridized carbons (Fsp3) is 0.562. The maximum absolute atomic E-state index is 12.6. The highest BCUT2D eigenvalue weighted by Gasteiger charge is 2.40. The van der Waals surface area contributed by atoms with Gasteiger partial charge in [0.1, 0.15) is 0 Å². The normalized spacial score (nSPS) is 24.8. The van der Waals surface area contributed by atoms with E-state index in [2.05, 4.69) is 23.2 Å². The monoisotopic (exact) mass is 258 g/mol. The summed E-state index contributed by atoms with van der Waals surface area (Å²) in [5, 5.41) is 3.29. The Morgan fingerprint density at radius 1 is 1.42 bits per heavy atom. The van der Waals surface area contributed by atoms with Gasteiger partial charge in [-0.2, -0.15) is 0 Å². The Morgan fingerprint density at radius 3 is 2.84 bits per heavy atom. The van der Waals surface area contributed by atoms with E-state index in [1.165, 1.54) is 19.3 Å². The van der Waals surface area contributed by atoms with Crippen LogP contribution < -0.4 is 5.32 Å². The van der Waals surface area contributed by atoms with E-state index < -0.39 is 0 Å². The number of hydrogen-bond donors (Lipinski definition) is 1. The number of piperidine rings is 1. The van der Waals surface area contributed by atoms with Gasteiger partial charge in [0.2, 0.25) is 0 Å². The largest absolute Gasteiger partial charge is 0.385 e. The predicted molar refractivity (Wildman–Crippen MR) is 77.5 cm³/mol. The Kier molecular flexibility index (Phi) is 3.21. The van der Waals surface area contributed by atoms with E-state index in [1.807, 2.05) is 19.1 Å². The molecule has 0 aromatic heterocycles. The molecule has 3 heteroatoms. The molecule has 2 fully saturated rings. The number of carbonyl (C=O) groups is 1. The van der Waals surface area contributed by atoms with E-state index in [-0.39, 0.29) is 5.91 Å². The van der Waals surface area contributed by atoms with Gasteiger partial charge < -0.3 is 10.2 Å². The second-order valence-electron chi connectivity index (χ2n) is 5.85. The van der Waals surface area contributed by atoms with Crippen LogP contribution in [0.4, 0.5) is 5.69 Å². The predicted octanol–water partition coefficient (Wildman–Crippen LogP) is 3.05. The van der Waals surface area contributed by atoms with Crippen molar-refractivity contribution in [3.63, 3.8) is 0 Å². The van der Waals surface area contributed by atoms with Crippen LogP contribution in [0.15, 0.2) is 18.2 Å². The van der Waals surface area contributed by atoms with Gasteiger partial charge in [0.25, 0.3) is 5.91 Å². The van der Waals surface area contributed by atoms with Gasteiger partial charge in [-0.25, -0.2) is 0 Å². The van der Waals surface area contributed by atoms with Crippen LogP contribution in [0.5, 0.6) is 0 Å². The van der Waals surface area contributed by atoms with Gasteiger partial charge in [0.15, 0.2) is 0 Å². The first-order valence-electron chi connectivity index (χ1n) is 7.34. The van der Waals surface area contributed by atoms with Gasteiger partial charge in [-0.15, -0.1) is 0 Å². The average Bonchev–Trinajstić information content (AvgIpc) is 3.01. The number of carbonyl (C=O) groups excluding carboxylic acids is 1. The molecule has 1 saturated heterocycles. The summed E-state index contributed by atoms with van der Waals surface area (Å²) in [5.74, 6) is 0.989. The lowest BCUT2D eigenvalue weighted by molar-refractivity contribution is 0.0703. The number of fused-ring (bicyclic) bond motifs is 2. The maximum Gasteiger partial charge on any atom is 0.254 e. The second-order valence-corrected chi connectivity index (χ2v) is 5.85. The SMILES string of the molecule is CCNc1ccc(C(=O)N2CC3CCC2C3)c(C)c1. The van der Waals surface area contributed by atoms with E-state index in [1.54, 1.807) is 0 Å². The highest BCUT2D eigenvalue weighted by atomic mass is 16.2. The molecule has 0 spiro atoms. The van der Waals surface area contributed by atoms with Crippen molar-refractivity contribution in [2.45, 2.75) is 39.2 Å². The number of nitrogens with one attached hydrogen (secondary N) is 1.